The molecule has 3 aliphatic rings. The maximum Gasteiger partial charge on any atom is 0.267 e. The van der Waals surface area contributed by atoms with Crippen molar-refractivity contribution in [3.05, 3.63) is 75.0 Å². The normalized spacial score (nSPS) is 20.3. The van der Waals surface area contributed by atoms with Crippen LogP contribution in [-0.2, 0) is 20.8 Å². The number of benzene rings is 1. The van der Waals surface area contributed by atoms with Crippen LogP contribution in [0, 0.1) is 0 Å². The van der Waals surface area contributed by atoms with Gasteiger partial charge in [0.25, 0.3) is 11.5 Å². The highest BCUT2D eigenvalue weighted by Crippen LogP contribution is 2.36. The molecule has 1 spiro atoms. The van der Waals surface area contributed by atoms with Crippen molar-refractivity contribution < 1.29 is 19.0 Å². The number of amides is 1. The van der Waals surface area contributed by atoms with Crippen molar-refractivity contribution in [2.45, 2.75) is 25.2 Å². The quantitative estimate of drug-likeness (QED) is 0.350. The zero-order valence-electron chi connectivity index (χ0n) is 20.8. The third-order valence-electron chi connectivity index (χ3n) is 7.04. The molecule has 3 fully saturated rings. The number of fused-ring (bicyclic) bond motifs is 1. The number of aromatic nitrogens is 2. The molecule has 3 aliphatic heterocycles. The van der Waals surface area contributed by atoms with Crippen LogP contribution in [0.2, 0.25) is 0 Å². The van der Waals surface area contributed by atoms with Gasteiger partial charge in [0.15, 0.2) is 5.79 Å². The summed E-state index contributed by atoms with van der Waals surface area (Å²) in [5.41, 5.74) is 1.60. The number of hydrogen-bond acceptors (Lipinski definition) is 9. The minimum absolute atomic E-state index is 0.232. The molecule has 0 bridgehead atoms. The van der Waals surface area contributed by atoms with E-state index in [4.69, 9.17) is 31.4 Å². The van der Waals surface area contributed by atoms with Crippen LogP contribution in [0.1, 0.15) is 24.0 Å². The van der Waals surface area contributed by atoms with E-state index in [1.807, 2.05) is 30.3 Å². The van der Waals surface area contributed by atoms with E-state index < -0.39 is 5.79 Å². The fourth-order valence-corrected chi connectivity index (χ4v) is 6.22. The Morgan fingerprint density at radius 2 is 1.84 bits per heavy atom. The first-order valence-corrected chi connectivity index (χ1v) is 13.6. The van der Waals surface area contributed by atoms with Gasteiger partial charge in [0.05, 0.1) is 37.3 Å². The van der Waals surface area contributed by atoms with Crippen LogP contribution in [0.4, 0.5) is 5.82 Å². The summed E-state index contributed by atoms with van der Waals surface area (Å²) in [5.74, 6) is 0.511. The number of carbonyl (C=O) groups is 1. The van der Waals surface area contributed by atoms with E-state index >= 15 is 0 Å². The molecule has 0 atom stereocenters. The van der Waals surface area contributed by atoms with Crippen LogP contribution in [0.25, 0.3) is 11.7 Å². The lowest BCUT2D eigenvalue weighted by Crippen LogP contribution is -2.46. The maximum atomic E-state index is 13.7. The summed E-state index contributed by atoms with van der Waals surface area (Å²) in [7, 11) is 1.61. The number of thioether (sulfide) groups is 1. The van der Waals surface area contributed by atoms with Gasteiger partial charge in [-0.25, -0.2) is 4.98 Å². The molecule has 0 radical (unpaired) electrons. The van der Waals surface area contributed by atoms with Gasteiger partial charge in [0.2, 0.25) is 0 Å². The minimum Gasteiger partial charge on any atom is -0.497 e. The molecule has 11 heteroatoms. The second-order valence-electron chi connectivity index (χ2n) is 9.29. The molecule has 1 aromatic carbocycles. The fraction of sp³-hybridized carbons (Fsp3) is 0.333. The number of nitrogens with zero attached hydrogens (tertiary/aromatic N) is 4. The zero-order chi connectivity index (χ0) is 26.3. The molecule has 9 nitrogen and oxygen atoms in total. The molecule has 6 rings (SSSR count). The molecule has 0 N–H and O–H groups in total. The number of ether oxygens (including phenoxy) is 3. The number of rotatable bonds is 5. The predicted octanol–water partition coefficient (Wildman–Crippen LogP) is 3.45. The second kappa shape index (κ2) is 10.1. The number of carbonyl (C=O) groups excluding carboxylic acids is 1. The van der Waals surface area contributed by atoms with E-state index in [0.717, 1.165) is 11.3 Å². The molecular formula is C27H26N4O5S2. The molecule has 196 valence electrons. The van der Waals surface area contributed by atoms with Crippen molar-refractivity contribution in [1.82, 2.24) is 14.3 Å². The van der Waals surface area contributed by atoms with Crippen molar-refractivity contribution in [3.8, 4) is 5.75 Å². The van der Waals surface area contributed by atoms with E-state index in [1.54, 1.807) is 36.4 Å². The highest BCUT2D eigenvalue weighted by molar-refractivity contribution is 8.26. The Labute approximate surface area is 229 Å². The topological polar surface area (TPSA) is 85.6 Å². The molecule has 2 aromatic heterocycles. The molecule has 0 aliphatic carbocycles. The first-order valence-electron chi connectivity index (χ1n) is 12.4. The Hall–Kier alpha value is -3.25. The molecule has 38 heavy (non-hydrogen) atoms. The summed E-state index contributed by atoms with van der Waals surface area (Å²) in [5, 5.41) is 0. The highest BCUT2D eigenvalue weighted by Gasteiger charge is 2.41. The summed E-state index contributed by atoms with van der Waals surface area (Å²) < 4.78 is 18.9. The minimum atomic E-state index is -0.549. The van der Waals surface area contributed by atoms with E-state index in [1.165, 1.54) is 16.2 Å². The summed E-state index contributed by atoms with van der Waals surface area (Å²) in [6, 6.07) is 12.9. The van der Waals surface area contributed by atoms with E-state index in [0.29, 0.717) is 71.9 Å². The van der Waals surface area contributed by atoms with E-state index in [-0.39, 0.29) is 11.5 Å². The Balaban J connectivity index is 1.33. The smallest absolute Gasteiger partial charge is 0.267 e. The first-order chi connectivity index (χ1) is 18.5. The number of methoxy groups -OCH3 is 1. The van der Waals surface area contributed by atoms with Crippen LogP contribution < -0.4 is 15.2 Å². The predicted molar refractivity (Wildman–Crippen MR) is 149 cm³/mol. The fourth-order valence-electron chi connectivity index (χ4n) is 4.98. The van der Waals surface area contributed by atoms with Gasteiger partial charge in [-0.1, -0.05) is 42.2 Å². The third kappa shape index (κ3) is 4.60. The molecule has 1 amide bonds. The Morgan fingerprint density at radius 3 is 2.55 bits per heavy atom. The lowest BCUT2D eigenvalue weighted by Gasteiger charge is -2.38. The molecule has 0 unspecified atom stereocenters. The van der Waals surface area contributed by atoms with Gasteiger partial charge in [0.1, 0.15) is 21.5 Å². The first kappa shape index (κ1) is 25.1. The summed E-state index contributed by atoms with van der Waals surface area (Å²) >= 11 is 6.75. The number of anilines is 1. The van der Waals surface area contributed by atoms with E-state index in [2.05, 4.69) is 4.90 Å². The van der Waals surface area contributed by atoms with Crippen molar-refractivity contribution in [3.63, 3.8) is 0 Å². The monoisotopic (exact) mass is 550 g/mol. The van der Waals surface area contributed by atoms with Crippen molar-refractivity contribution in [2.75, 3.05) is 38.3 Å². The molecule has 0 saturated carbocycles. The SMILES string of the molecule is COc1ccc(CN2C(=O)/C(=C\c3c(N4CCC5(CC4)OCCO5)nc4ccccn4c3=O)SC2=S)cc1. The summed E-state index contributed by atoms with van der Waals surface area (Å²) in [6.45, 7) is 2.77. The van der Waals surface area contributed by atoms with Crippen molar-refractivity contribution in [1.29, 1.82) is 0 Å². The molecule has 5 heterocycles. The average Bonchev–Trinajstić information content (AvgIpc) is 3.50. The lowest BCUT2D eigenvalue weighted by atomic mass is 10.0. The van der Waals surface area contributed by atoms with Gasteiger partial charge < -0.3 is 19.1 Å². The van der Waals surface area contributed by atoms with Crippen LogP contribution in [0.15, 0.2) is 58.4 Å². The van der Waals surface area contributed by atoms with Crippen molar-refractivity contribution in [2.24, 2.45) is 0 Å². The average molecular weight is 551 g/mol. The molecule has 3 aromatic rings. The maximum absolute atomic E-state index is 13.7. The van der Waals surface area contributed by atoms with Gasteiger partial charge >= 0.3 is 0 Å². The zero-order valence-corrected chi connectivity index (χ0v) is 22.4. The van der Waals surface area contributed by atoms with Gasteiger partial charge in [-0.3, -0.25) is 18.9 Å². The number of piperidine rings is 1. The Morgan fingerprint density at radius 1 is 1.11 bits per heavy atom. The number of pyridine rings is 1. The van der Waals surface area contributed by atoms with Gasteiger partial charge in [-0.15, -0.1) is 0 Å². The number of hydrogen-bond donors (Lipinski definition) is 0. The third-order valence-corrected chi connectivity index (χ3v) is 8.41. The summed E-state index contributed by atoms with van der Waals surface area (Å²) in [4.78, 5) is 36.0. The van der Waals surface area contributed by atoms with Gasteiger partial charge in [-0.2, -0.15) is 0 Å². The van der Waals surface area contributed by atoms with Crippen LogP contribution >= 0.6 is 24.0 Å². The number of thiocarbonyl (C=S) groups is 1. The van der Waals surface area contributed by atoms with Crippen molar-refractivity contribution >= 4 is 51.7 Å². The van der Waals surface area contributed by atoms with Gasteiger partial charge in [0, 0.05) is 32.1 Å². The molecule has 3 saturated heterocycles. The summed E-state index contributed by atoms with van der Waals surface area (Å²) in [6.07, 6.45) is 4.68. The second-order valence-corrected chi connectivity index (χ2v) is 11.0. The van der Waals surface area contributed by atoms with Crippen LogP contribution in [0.3, 0.4) is 0 Å². The lowest BCUT2D eigenvalue weighted by molar-refractivity contribution is -0.169. The molecular weight excluding hydrogens is 524 g/mol. The van der Waals surface area contributed by atoms with E-state index in [9.17, 15) is 9.59 Å². The highest BCUT2D eigenvalue weighted by atomic mass is 32.2. The largest absolute Gasteiger partial charge is 0.497 e. The Bertz CT molecular complexity index is 1490. The Kier molecular flexibility index (Phi) is 6.68. The van der Waals surface area contributed by atoms with Crippen LogP contribution in [0.5, 0.6) is 5.75 Å². The standard InChI is InChI=1S/C27H26N4O5S2/c1-34-19-7-5-18(6-8-19)17-31-25(33)21(38-26(31)37)16-20-23(28-22-4-2-3-11-30(22)24(20)32)29-12-9-27(10-13-29)35-14-15-36-27/h2-8,11,16H,9-10,12-15,17H2,1H3/b21-16+. The van der Waals surface area contributed by atoms with Gasteiger partial charge in [-0.05, 0) is 35.9 Å². The van der Waals surface area contributed by atoms with Crippen LogP contribution in [-0.4, -0.2) is 63.7 Å².